The van der Waals surface area contributed by atoms with Crippen LogP contribution in [-0.4, -0.2) is 78.2 Å². The van der Waals surface area contributed by atoms with Crippen LogP contribution in [0.4, 0.5) is 0 Å². The van der Waals surface area contributed by atoms with Crippen LogP contribution in [0.2, 0.25) is 0 Å². The monoisotopic (exact) mass is 636 g/mol. The predicted octanol–water partition coefficient (Wildman–Crippen LogP) is -9.18. The fourth-order valence-electron chi connectivity index (χ4n) is 1.51. The van der Waals surface area contributed by atoms with E-state index in [1.807, 2.05) is 0 Å². The maximum absolute atomic E-state index is 9.86. The molecule has 19 heteroatoms. The Balaban J connectivity index is -0.000000440. The smallest absolute Gasteiger partial charge is 0.0985 e. The van der Waals surface area contributed by atoms with Crippen molar-refractivity contribution in [2.45, 2.75) is 25.0 Å². The van der Waals surface area contributed by atoms with E-state index in [2.05, 4.69) is 19.9 Å². The van der Waals surface area contributed by atoms with Gasteiger partial charge < -0.3 is 79.6 Å². The Kier molecular flexibility index (Phi) is 22.4. The third-order valence-electron chi connectivity index (χ3n) is 3.10. The van der Waals surface area contributed by atoms with E-state index in [9.17, 15) is 59.4 Å². The summed E-state index contributed by atoms with van der Waals surface area (Å²) in [7, 11) is 0. The molecule has 4 N–H and O–H groups in total. The molecule has 0 aliphatic heterocycles. The van der Waals surface area contributed by atoms with Gasteiger partial charge in [-0.15, -0.1) is 0 Å². The third kappa shape index (κ3) is 26.2. The molecule has 2 unspecified atom stereocenters. The van der Waals surface area contributed by atoms with Gasteiger partial charge in [-0.2, -0.15) is 0 Å². The summed E-state index contributed by atoms with van der Waals surface area (Å²) in [4.78, 5) is 70.8. The van der Waals surface area contributed by atoms with Crippen molar-refractivity contribution >= 4 is 48.0 Å². The number of hydrogen-bond donors (Lipinski definition) is 4. The molecule has 2 atom stereocenters. The second kappa shape index (κ2) is 22.5. The van der Waals surface area contributed by atoms with Gasteiger partial charge in [0.05, 0.1) is 72.5 Å². The molecule has 2 aromatic heterocycles. The zero-order chi connectivity index (χ0) is 29.7. The Morgan fingerprint density at radius 2 is 1.00 bits per heavy atom. The molecule has 0 aliphatic rings. The van der Waals surface area contributed by atoms with Crippen molar-refractivity contribution in [3.63, 3.8) is 0 Å². The number of aromatic amines is 2. The first-order valence-corrected chi connectivity index (χ1v) is 9.58. The number of aliphatic hydroxyl groups is 2. The first-order chi connectivity index (χ1) is 17.6. The SMILES string of the molecule is O=C([O-])C=Cc1cnc[nH]1.O=C([O-])C=Cc1cnc[nH]1.O=C([O-])CC(O)C(=O)[O-].O=C([O-])CC(O)C(=O)[O-].[Mo]. The number of imidazole rings is 2. The van der Waals surface area contributed by atoms with E-state index in [0.717, 1.165) is 12.2 Å². The Morgan fingerprint density at radius 3 is 1.15 bits per heavy atom. The number of aliphatic hydroxyl groups excluding tert-OH is 2. The number of H-pyrrole nitrogens is 2. The summed E-state index contributed by atoms with van der Waals surface area (Å²) in [6.45, 7) is 0. The number of carbonyl (C=O) groups excluding carboxylic acids is 6. The molecule has 18 nitrogen and oxygen atoms in total. The van der Waals surface area contributed by atoms with Gasteiger partial charge in [-0.25, -0.2) is 9.97 Å². The number of hydrogen-bond acceptors (Lipinski definition) is 16. The molecule has 0 spiro atoms. The zero-order valence-corrected chi connectivity index (χ0v) is 21.3. The summed E-state index contributed by atoms with van der Waals surface area (Å²) in [5.74, 6) is -9.28. The van der Waals surface area contributed by atoms with Crippen LogP contribution >= 0.6 is 0 Å². The van der Waals surface area contributed by atoms with E-state index in [0.29, 0.717) is 11.4 Å². The summed E-state index contributed by atoms with van der Waals surface area (Å²) in [5.41, 5.74) is 1.29. The molecule has 0 radical (unpaired) electrons. The standard InChI is InChI=1S/2C6H6N2O2.2C4H6O5.Mo/c2*9-6(10)2-1-5-3-7-4-8-5;2*5-2(4(8)9)1-3(6)7;/h2*1-4H,(H,7,8)(H,9,10);2*2,5H,1H2,(H,6,7)(H,8,9);/p-6. The van der Waals surface area contributed by atoms with Gasteiger partial charge in [-0.1, -0.05) is 0 Å². The van der Waals surface area contributed by atoms with Gasteiger partial charge in [-0.05, 0) is 24.3 Å². The van der Waals surface area contributed by atoms with Gasteiger partial charge in [0, 0.05) is 45.8 Å². The first-order valence-electron chi connectivity index (χ1n) is 9.58. The topological polar surface area (TPSA) is 339 Å². The van der Waals surface area contributed by atoms with E-state index in [1.165, 1.54) is 37.2 Å². The van der Waals surface area contributed by atoms with Crippen molar-refractivity contribution in [3.8, 4) is 0 Å². The maximum Gasteiger partial charge on any atom is 0.0985 e. The van der Waals surface area contributed by atoms with Gasteiger partial charge in [0.15, 0.2) is 0 Å². The van der Waals surface area contributed by atoms with Crippen LogP contribution in [0.3, 0.4) is 0 Å². The molecule has 0 aliphatic carbocycles. The van der Waals surface area contributed by atoms with Crippen molar-refractivity contribution < 1.29 is 90.7 Å². The molecular formula is C20H18MoN4O14-6. The minimum atomic E-state index is -1.96. The molecule has 0 aromatic carbocycles. The molecule has 0 amide bonds. The van der Waals surface area contributed by atoms with Crippen molar-refractivity contribution in [1.29, 1.82) is 0 Å². The van der Waals surface area contributed by atoms with Crippen LogP contribution in [-0.2, 0) is 49.8 Å². The average molecular weight is 634 g/mol. The number of carbonyl (C=O) groups is 6. The molecule has 0 saturated carbocycles. The summed E-state index contributed by atoms with van der Waals surface area (Å²) in [6, 6.07) is 0. The van der Waals surface area contributed by atoms with Gasteiger partial charge in [0.25, 0.3) is 0 Å². The quantitative estimate of drug-likeness (QED) is 0.139. The number of nitrogens with zero attached hydrogens (tertiary/aromatic N) is 2. The number of aromatic nitrogens is 4. The second-order valence-corrected chi connectivity index (χ2v) is 6.14. The molecular weight excluding hydrogens is 616 g/mol. The van der Waals surface area contributed by atoms with Gasteiger partial charge in [0.1, 0.15) is 0 Å². The van der Waals surface area contributed by atoms with Crippen molar-refractivity contribution in [3.05, 3.63) is 48.6 Å². The van der Waals surface area contributed by atoms with Crippen molar-refractivity contribution in [1.82, 2.24) is 19.9 Å². The molecule has 0 fully saturated rings. The Morgan fingerprint density at radius 1 is 0.692 bits per heavy atom. The molecule has 0 bridgehead atoms. The van der Waals surface area contributed by atoms with Crippen molar-refractivity contribution in [2.24, 2.45) is 0 Å². The molecule has 2 heterocycles. The van der Waals surface area contributed by atoms with Gasteiger partial charge >= 0.3 is 0 Å². The minimum absolute atomic E-state index is 0. The summed E-state index contributed by atoms with van der Waals surface area (Å²) in [5, 5.41) is 74.4. The van der Waals surface area contributed by atoms with Crippen LogP contribution in [0.15, 0.2) is 37.2 Å². The molecule has 2 rings (SSSR count). The van der Waals surface area contributed by atoms with E-state index in [4.69, 9.17) is 10.2 Å². The predicted molar refractivity (Wildman–Crippen MR) is 107 cm³/mol. The minimum Gasteiger partial charge on any atom is -0.550 e. The first kappa shape index (κ1) is 38.9. The van der Waals surface area contributed by atoms with Crippen LogP contribution in [0.25, 0.3) is 12.2 Å². The largest absolute Gasteiger partial charge is 0.550 e. The van der Waals surface area contributed by atoms with E-state index in [1.54, 1.807) is 0 Å². The molecule has 2 aromatic rings. The third-order valence-corrected chi connectivity index (χ3v) is 3.10. The number of carboxylic acid groups (broad SMARTS) is 6. The van der Waals surface area contributed by atoms with E-state index in [-0.39, 0.29) is 21.1 Å². The average Bonchev–Trinajstić information content (AvgIpc) is 3.51. The molecule has 214 valence electrons. The van der Waals surface area contributed by atoms with Crippen LogP contribution in [0.1, 0.15) is 24.2 Å². The second-order valence-electron chi connectivity index (χ2n) is 6.14. The Hall–Kier alpha value is -4.67. The fraction of sp³-hybridized carbons (Fsp3) is 0.200. The number of nitrogens with one attached hydrogen (secondary N) is 2. The van der Waals surface area contributed by atoms with Crippen LogP contribution < -0.4 is 30.6 Å². The number of rotatable bonds is 10. The van der Waals surface area contributed by atoms with E-state index >= 15 is 0 Å². The molecule has 39 heavy (non-hydrogen) atoms. The zero-order valence-electron chi connectivity index (χ0n) is 19.3. The summed E-state index contributed by atoms with van der Waals surface area (Å²) in [6.07, 6.45) is 4.81. The van der Waals surface area contributed by atoms with Crippen molar-refractivity contribution in [2.75, 3.05) is 0 Å². The molecule has 0 saturated heterocycles. The normalized spacial score (nSPS) is 11.1. The van der Waals surface area contributed by atoms with Gasteiger partial charge in [0.2, 0.25) is 0 Å². The number of carboxylic acids is 6. The Bertz CT molecular complexity index is 998. The Labute approximate surface area is 232 Å². The maximum atomic E-state index is 9.86. The summed E-state index contributed by atoms with van der Waals surface area (Å²) < 4.78 is 0. The number of aliphatic carboxylic acids is 6. The van der Waals surface area contributed by atoms with Crippen LogP contribution in [0.5, 0.6) is 0 Å². The van der Waals surface area contributed by atoms with Crippen LogP contribution in [0, 0.1) is 0 Å². The fourth-order valence-corrected chi connectivity index (χ4v) is 1.51. The summed E-state index contributed by atoms with van der Waals surface area (Å²) >= 11 is 0. The van der Waals surface area contributed by atoms with Gasteiger partial charge in [-0.3, -0.25) is 0 Å². The van der Waals surface area contributed by atoms with E-state index < -0.39 is 60.9 Å².